The molecule has 1 aromatic rings. The number of benzene rings is 1. The summed E-state index contributed by atoms with van der Waals surface area (Å²) < 4.78 is 5.78. The van der Waals surface area contributed by atoms with E-state index in [1.165, 1.54) is 11.1 Å². The first-order chi connectivity index (χ1) is 10.1. The van der Waals surface area contributed by atoms with Crippen molar-refractivity contribution in [3.8, 4) is 5.75 Å². The van der Waals surface area contributed by atoms with Crippen molar-refractivity contribution in [1.29, 1.82) is 0 Å². The highest BCUT2D eigenvalue weighted by Crippen LogP contribution is 2.37. The largest absolute Gasteiger partial charge is 0.490 e. The summed E-state index contributed by atoms with van der Waals surface area (Å²) in [6, 6.07) is 4.32. The van der Waals surface area contributed by atoms with E-state index >= 15 is 0 Å². The van der Waals surface area contributed by atoms with E-state index in [2.05, 4.69) is 31.3 Å². The topological polar surface area (TPSA) is 64.3 Å². The second kappa shape index (κ2) is 5.68. The standard InChI is InChI=1S/C17H24N2O2/c1-10-6-7-13-15(9-21-17(13)11(10)2)19-16(20)8-12-4-3-5-14(12)18/h6-7,12,14-15H,3-5,8-9,18H2,1-2H3,(H,19,20)/t12-,14+,15?/m0/s1. The molecule has 3 rings (SSSR count). The molecule has 0 spiro atoms. The van der Waals surface area contributed by atoms with Gasteiger partial charge in [0.15, 0.2) is 0 Å². The van der Waals surface area contributed by atoms with Crippen LogP contribution in [0.3, 0.4) is 0 Å². The van der Waals surface area contributed by atoms with Crippen LogP contribution in [0, 0.1) is 19.8 Å². The molecule has 4 heteroatoms. The average molecular weight is 288 g/mol. The third-order valence-corrected chi connectivity index (χ3v) is 4.98. The van der Waals surface area contributed by atoms with Gasteiger partial charge in [-0.1, -0.05) is 18.6 Å². The van der Waals surface area contributed by atoms with Crippen molar-refractivity contribution in [2.75, 3.05) is 6.61 Å². The Balaban J connectivity index is 1.65. The zero-order valence-corrected chi connectivity index (χ0v) is 12.8. The smallest absolute Gasteiger partial charge is 0.220 e. The number of nitrogens with one attached hydrogen (secondary N) is 1. The zero-order chi connectivity index (χ0) is 15.0. The lowest BCUT2D eigenvalue weighted by Crippen LogP contribution is -2.34. The van der Waals surface area contributed by atoms with Gasteiger partial charge in [-0.2, -0.15) is 0 Å². The van der Waals surface area contributed by atoms with Crippen molar-refractivity contribution in [2.24, 2.45) is 11.7 Å². The van der Waals surface area contributed by atoms with Crippen LogP contribution in [0.4, 0.5) is 0 Å². The zero-order valence-electron chi connectivity index (χ0n) is 12.8. The molecule has 1 aromatic carbocycles. The highest BCUT2D eigenvalue weighted by atomic mass is 16.5. The normalized spacial score (nSPS) is 27.3. The van der Waals surface area contributed by atoms with Crippen LogP contribution < -0.4 is 15.8 Å². The summed E-state index contributed by atoms with van der Waals surface area (Å²) in [5.74, 6) is 1.38. The molecular weight excluding hydrogens is 264 g/mol. The second-order valence-corrected chi connectivity index (χ2v) is 6.42. The summed E-state index contributed by atoms with van der Waals surface area (Å²) in [6.07, 6.45) is 3.81. The maximum Gasteiger partial charge on any atom is 0.220 e. The number of amides is 1. The van der Waals surface area contributed by atoms with E-state index in [9.17, 15) is 4.79 Å². The van der Waals surface area contributed by atoms with Gasteiger partial charge in [0.1, 0.15) is 12.4 Å². The number of hydrogen-bond donors (Lipinski definition) is 2. The Labute approximate surface area is 126 Å². The lowest BCUT2D eigenvalue weighted by Gasteiger charge is -2.17. The Kier molecular flexibility index (Phi) is 3.89. The van der Waals surface area contributed by atoms with Gasteiger partial charge in [-0.3, -0.25) is 4.79 Å². The molecule has 1 aliphatic heterocycles. The fourth-order valence-electron chi connectivity index (χ4n) is 3.46. The van der Waals surface area contributed by atoms with E-state index in [0.717, 1.165) is 30.6 Å². The lowest BCUT2D eigenvalue weighted by atomic mass is 9.98. The molecule has 3 N–H and O–H groups in total. The molecule has 4 nitrogen and oxygen atoms in total. The highest BCUT2D eigenvalue weighted by Gasteiger charge is 2.30. The van der Waals surface area contributed by atoms with E-state index in [1.54, 1.807) is 0 Å². The molecule has 114 valence electrons. The molecule has 2 aliphatic rings. The summed E-state index contributed by atoms with van der Waals surface area (Å²) in [6.45, 7) is 4.67. The summed E-state index contributed by atoms with van der Waals surface area (Å²) in [5, 5.41) is 3.11. The molecule has 1 amide bonds. The van der Waals surface area contributed by atoms with Gasteiger partial charge in [-0.15, -0.1) is 0 Å². The molecule has 3 atom stereocenters. The van der Waals surface area contributed by atoms with Gasteiger partial charge in [0, 0.05) is 18.0 Å². The molecule has 21 heavy (non-hydrogen) atoms. The third-order valence-electron chi connectivity index (χ3n) is 4.98. The minimum absolute atomic E-state index is 0.0237. The molecule has 0 aromatic heterocycles. The van der Waals surface area contributed by atoms with Crippen LogP contribution in [0.15, 0.2) is 12.1 Å². The lowest BCUT2D eigenvalue weighted by molar-refractivity contribution is -0.122. The van der Waals surface area contributed by atoms with Crippen molar-refractivity contribution in [1.82, 2.24) is 5.32 Å². The van der Waals surface area contributed by atoms with Crippen molar-refractivity contribution in [2.45, 2.75) is 51.6 Å². The maximum atomic E-state index is 12.2. The fraction of sp³-hybridized carbons (Fsp3) is 0.588. The summed E-state index contributed by atoms with van der Waals surface area (Å²) in [5.41, 5.74) is 9.53. The maximum absolute atomic E-state index is 12.2. The number of hydrogen-bond acceptors (Lipinski definition) is 3. The second-order valence-electron chi connectivity index (χ2n) is 6.42. The van der Waals surface area contributed by atoms with E-state index < -0.39 is 0 Å². The van der Waals surface area contributed by atoms with Crippen LogP contribution in [-0.4, -0.2) is 18.6 Å². The van der Waals surface area contributed by atoms with Gasteiger partial charge in [0.25, 0.3) is 0 Å². The first-order valence-corrected chi connectivity index (χ1v) is 7.84. The predicted molar refractivity (Wildman–Crippen MR) is 82.2 cm³/mol. The Morgan fingerprint density at radius 2 is 2.19 bits per heavy atom. The summed E-state index contributed by atoms with van der Waals surface area (Å²) >= 11 is 0. The number of nitrogens with two attached hydrogens (primary N) is 1. The van der Waals surface area contributed by atoms with Crippen molar-refractivity contribution in [3.63, 3.8) is 0 Å². The molecule has 1 unspecified atom stereocenters. The predicted octanol–water partition coefficient (Wildman–Crippen LogP) is 2.37. The van der Waals surface area contributed by atoms with Gasteiger partial charge in [-0.05, 0) is 43.7 Å². The quantitative estimate of drug-likeness (QED) is 0.897. The molecule has 1 aliphatic carbocycles. The molecule has 0 bridgehead atoms. The molecule has 1 heterocycles. The molecule has 0 radical (unpaired) electrons. The molecule has 1 fully saturated rings. The Morgan fingerprint density at radius 1 is 1.38 bits per heavy atom. The van der Waals surface area contributed by atoms with E-state index in [0.29, 0.717) is 18.9 Å². The number of ether oxygens (including phenoxy) is 1. The minimum Gasteiger partial charge on any atom is -0.490 e. The van der Waals surface area contributed by atoms with Gasteiger partial charge < -0.3 is 15.8 Å². The van der Waals surface area contributed by atoms with Crippen molar-refractivity contribution < 1.29 is 9.53 Å². The fourth-order valence-corrected chi connectivity index (χ4v) is 3.46. The third kappa shape index (κ3) is 2.77. The van der Waals surface area contributed by atoms with Crippen molar-refractivity contribution >= 4 is 5.91 Å². The minimum atomic E-state index is -0.0237. The highest BCUT2D eigenvalue weighted by molar-refractivity contribution is 5.77. The SMILES string of the molecule is Cc1ccc2c(c1C)OCC2NC(=O)C[C@@H]1CCC[C@H]1N. The Hall–Kier alpha value is -1.55. The molecular formula is C17H24N2O2. The number of carbonyl (C=O) groups is 1. The van der Waals surface area contributed by atoms with Crippen LogP contribution >= 0.6 is 0 Å². The first-order valence-electron chi connectivity index (χ1n) is 7.84. The van der Waals surface area contributed by atoms with Crippen LogP contribution in [0.5, 0.6) is 5.75 Å². The van der Waals surface area contributed by atoms with Crippen LogP contribution in [-0.2, 0) is 4.79 Å². The summed E-state index contributed by atoms with van der Waals surface area (Å²) in [7, 11) is 0. The number of rotatable bonds is 3. The Morgan fingerprint density at radius 3 is 2.90 bits per heavy atom. The van der Waals surface area contributed by atoms with Crippen LogP contribution in [0.1, 0.15) is 48.4 Å². The average Bonchev–Trinajstić information content (AvgIpc) is 3.02. The first kappa shape index (κ1) is 14.4. The van der Waals surface area contributed by atoms with Crippen LogP contribution in [0.2, 0.25) is 0 Å². The summed E-state index contributed by atoms with van der Waals surface area (Å²) in [4.78, 5) is 12.2. The molecule has 0 saturated heterocycles. The van der Waals surface area contributed by atoms with Crippen LogP contribution in [0.25, 0.3) is 0 Å². The number of carbonyl (C=O) groups excluding carboxylic acids is 1. The Bertz CT molecular complexity index is 556. The van der Waals surface area contributed by atoms with Gasteiger partial charge in [0.2, 0.25) is 5.91 Å². The number of aryl methyl sites for hydroxylation is 1. The van der Waals surface area contributed by atoms with Gasteiger partial charge in [0.05, 0.1) is 6.04 Å². The van der Waals surface area contributed by atoms with E-state index in [4.69, 9.17) is 10.5 Å². The van der Waals surface area contributed by atoms with Gasteiger partial charge in [-0.25, -0.2) is 0 Å². The molecule has 1 saturated carbocycles. The van der Waals surface area contributed by atoms with Crippen molar-refractivity contribution in [3.05, 3.63) is 28.8 Å². The number of fused-ring (bicyclic) bond motifs is 1. The van der Waals surface area contributed by atoms with E-state index in [1.807, 2.05) is 0 Å². The van der Waals surface area contributed by atoms with E-state index in [-0.39, 0.29) is 18.0 Å². The van der Waals surface area contributed by atoms with Gasteiger partial charge >= 0.3 is 0 Å². The monoisotopic (exact) mass is 288 g/mol.